The molecule has 0 aliphatic rings. The van der Waals surface area contributed by atoms with Crippen LogP contribution in [-0.4, -0.2) is 24.0 Å². The summed E-state index contributed by atoms with van der Waals surface area (Å²) < 4.78 is 0. The fourth-order valence-electron chi connectivity index (χ4n) is 2.22. The summed E-state index contributed by atoms with van der Waals surface area (Å²) in [4.78, 5) is 16.3. The van der Waals surface area contributed by atoms with Crippen LogP contribution in [0.2, 0.25) is 0 Å². The van der Waals surface area contributed by atoms with Crippen molar-refractivity contribution in [1.29, 1.82) is 0 Å². The summed E-state index contributed by atoms with van der Waals surface area (Å²) in [5, 5.41) is 8.17. The van der Waals surface area contributed by atoms with Crippen molar-refractivity contribution in [2.24, 2.45) is 5.92 Å². The van der Waals surface area contributed by atoms with E-state index in [0.717, 1.165) is 22.9 Å². The van der Waals surface area contributed by atoms with Crippen LogP contribution in [0.3, 0.4) is 0 Å². The van der Waals surface area contributed by atoms with E-state index in [-0.39, 0.29) is 11.9 Å². The van der Waals surface area contributed by atoms with Gasteiger partial charge in [-0.3, -0.25) is 9.78 Å². The highest BCUT2D eigenvalue weighted by Crippen LogP contribution is 2.18. The molecule has 1 unspecified atom stereocenters. The van der Waals surface area contributed by atoms with Crippen LogP contribution < -0.4 is 10.6 Å². The van der Waals surface area contributed by atoms with Crippen LogP contribution in [-0.2, 0) is 4.79 Å². The predicted octanol–water partition coefficient (Wildman–Crippen LogP) is 2.81. The summed E-state index contributed by atoms with van der Waals surface area (Å²) in [7, 11) is 1.82. The number of pyridine rings is 1. The van der Waals surface area contributed by atoms with E-state index in [2.05, 4.69) is 29.5 Å². The summed E-state index contributed by atoms with van der Waals surface area (Å²) in [6.45, 7) is 4.22. The highest BCUT2D eigenvalue weighted by atomic mass is 16.2. The lowest BCUT2D eigenvalue weighted by Gasteiger charge is -2.18. The molecule has 1 atom stereocenters. The molecular formula is C16H21N3O. The number of rotatable bonds is 5. The van der Waals surface area contributed by atoms with Gasteiger partial charge in [0.15, 0.2) is 0 Å². The molecule has 1 aromatic heterocycles. The summed E-state index contributed by atoms with van der Waals surface area (Å²) in [6, 6.07) is 7.64. The summed E-state index contributed by atoms with van der Waals surface area (Å²) >= 11 is 0. The molecule has 2 aromatic rings. The minimum atomic E-state index is -0.167. The summed E-state index contributed by atoms with van der Waals surface area (Å²) in [6.07, 6.45) is 4.38. The van der Waals surface area contributed by atoms with Gasteiger partial charge in [-0.15, -0.1) is 0 Å². The topological polar surface area (TPSA) is 54.0 Å². The van der Waals surface area contributed by atoms with Crippen molar-refractivity contribution in [1.82, 2.24) is 10.3 Å². The van der Waals surface area contributed by atoms with Gasteiger partial charge >= 0.3 is 0 Å². The van der Waals surface area contributed by atoms with Crippen LogP contribution in [0, 0.1) is 5.92 Å². The number of carbonyl (C=O) groups is 1. The molecule has 0 bridgehead atoms. The number of hydrogen-bond donors (Lipinski definition) is 2. The Morgan fingerprint density at radius 1 is 1.25 bits per heavy atom. The second-order valence-corrected chi connectivity index (χ2v) is 5.40. The van der Waals surface area contributed by atoms with Crippen LogP contribution in [0.15, 0.2) is 36.7 Å². The molecular weight excluding hydrogens is 250 g/mol. The fraction of sp³-hybridized carbons (Fsp3) is 0.375. The van der Waals surface area contributed by atoms with E-state index in [1.54, 1.807) is 12.4 Å². The van der Waals surface area contributed by atoms with E-state index < -0.39 is 0 Å². The van der Waals surface area contributed by atoms with Crippen molar-refractivity contribution >= 4 is 22.4 Å². The SMILES string of the molecule is CNC(CC(C)C)C(=O)Nc1ccc2ccncc2c1. The third-order valence-electron chi connectivity index (χ3n) is 3.28. The predicted molar refractivity (Wildman–Crippen MR) is 82.7 cm³/mol. The van der Waals surface area contributed by atoms with E-state index in [9.17, 15) is 4.79 Å². The van der Waals surface area contributed by atoms with Gasteiger partial charge in [-0.25, -0.2) is 0 Å². The number of anilines is 1. The van der Waals surface area contributed by atoms with Crippen LogP contribution in [0.5, 0.6) is 0 Å². The van der Waals surface area contributed by atoms with Crippen LogP contribution in [0.4, 0.5) is 5.69 Å². The lowest BCUT2D eigenvalue weighted by Crippen LogP contribution is -2.39. The zero-order valence-electron chi connectivity index (χ0n) is 12.2. The molecule has 0 saturated carbocycles. The highest BCUT2D eigenvalue weighted by Gasteiger charge is 2.17. The molecule has 4 heteroatoms. The number of benzene rings is 1. The Bertz CT molecular complexity index is 595. The van der Waals surface area contributed by atoms with Crippen LogP contribution >= 0.6 is 0 Å². The lowest BCUT2D eigenvalue weighted by molar-refractivity contribution is -0.118. The van der Waals surface area contributed by atoms with Gasteiger partial charge in [0.2, 0.25) is 5.91 Å². The molecule has 1 aromatic carbocycles. The average Bonchev–Trinajstić information content (AvgIpc) is 2.44. The van der Waals surface area contributed by atoms with Crippen molar-refractivity contribution in [2.75, 3.05) is 12.4 Å². The van der Waals surface area contributed by atoms with Gasteiger partial charge in [-0.05, 0) is 43.0 Å². The molecule has 0 saturated heterocycles. The number of amides is 1. The zero-order chi connectivity index (χ0) is 14.5. The van der Waals surface area contributed by atoms with Crippen molar-refractivity contribution < 1.29 is 4.79 Å². The Balaban J connectivity index is 2.12. The Hall–Kier alpha value is -1.94. The van der Waals surface area contributed by atoms with Crippen molar-refractivity contribution in [3.05, 3.63) is 36.7 Å². The van der Waals surface area contributed by atoms with Gasteiger partial charge in [0.05, 0.1) is 6.04 Å². The minimum Gasteiger partial charge on any atom is -0.325 e. The molecule has 0 spiro atoms. The fourth-order valence-corrected chi connectivity index (χ4v) is 2.22. The Morgan fingerprint density at radius 3 is 2.75 bits per heavy atom. The van der Waals surface area contributed by atoms with Crippen LogP contribution in [0.1, 0.15) is 20.3 Å². The maximum absolute atomic E-state index is 12.2. The molecule has 0 radical (unpaired) electrons. The van der Waals surface area contributed by atoms with E-state index in [1.165, 1.54) is 0 Å². The molecule has 20 heavy (non-hydrogen) atoms. The quantitative estimate of drug-likeness (QED) is 0.879. The number of nitrogens with one attached hydrogen (secondary N) is 2. The second-order valence-electron chi connectivity index (χ2n) is 5.40. The zero-order valence-corrected chi connectivity index (χ0v) is 12.2. The first kappa shape index (κ1) is 14.5. The van der Waals surface area contributed by atoms with Gasteiger partial charge in [-0.1, -0.05) is 19.9 Å². The molecule has 106 valence electrons. The van der Waals surface area contributed by atoms with Gasteiger partial charge in [0, 0.05) is 23.5 Å². The number of fused-ring (bicyclic) bond motifs is 1. The highest BCUT2D eigenvalue weighted by molar-refractivity contribution is 5.97. The molecule has 0 aliphatic heterocycles. The van der Waals surface area contributed by atoms with Gasteiger partial charge in [0.25, 0.3) is 0 Å². The monoisotopic (exact) mass is 271 g/mol. The van der Waals surface area contributed by atoms with Gasteiger partial charge in [0.1, 0.15) is 0 Å². The lowest BCUT2D eigenvalue weighted by atomic mass is 10.0. The van der Waals surface area contributed by atoms with E-state index in [4.69, 9.17) is 0 Å². The molecule has 4 nitrogen and oxygen atoms in total. The number of carbonyl (C=O) groups excluding carboxylic acids is 1. The molecule has 0 fully saturated rings. The smallest absolute Gasteiger partial charge is 0.241 e. The standard InChI is InChI=1S/C16H21N3O/c1-11(2)8-15(17-3)16(20)19-14-5-4-12-6-7-18-10-13(12)9-14/h4-7,9-11,15,17H,8H2,1-3H3,(H,19,20). The van der Waals surface area contributed by atoms with Crippen molar-refractivity contribution in [2.45, 2.75) is 26.3 Å². The summed E-state index contributed by atoms with van der Waals surface area (Å²) in [5.74, 6) is 0.475. The first-order valence-corrected chi connectivity index (χ1v) is 6.92. The first-order chi connectivity index (χ1) is 9.60. The second kappa shape index (κ2) is 6.48. The molecule has 1 heterocycles. The molecule has 0 aliphatic carbocycles. The Labute approximate surface area is 119 Å². The Morgan fingerprint density at radius 2 is 2.05 bits per heavy atom. The largest absolute Gasteiger partial charge is 0.325 e. The van der Waals surface area contributed by atoms with Crippen molar-refractivity contribution in [3.63, 3.8) is 0 Å². The maximum Gasteiger partial charge on any atom is 0.241 e. The minimum absolute atomic E-state index is 0.00411. The molecule has 1 amide bonds. The Kier molecular flexibility index (Phi) is 4.69. The first-order valence-electron chi connectivity index (χ1n) is 6.92. The number of likely N-dealkylation sites (N-methyl/N-ethyl adjacent to an activating group) is 1. The third-order valence-corrected chi connectivity index (χ3v) is 3.28. The van der Waals surface area contributed by atoms with E-state index in [0.29, 0.717) is 5.92 Å². The van der Waals surface area contributed by atoms with Gasteiger partial charge < -0.3 is 10.6 Å². The van der Waals surface area contributed by atoms with Crippen LogP contribution in [0.25, 0.3) is 10.8 Å². The normalized spacial score (nSPS) is 12.6. The van der Waals surface area contributed by atoms with E-state index >= 15 is 0 Å². The number of nitrogens with zero attached hydrogens (tertiary/aromatic N) is 1. The third kappa shape index (κ3) is 3.54. The van der Waals surface area contributed by atoms with E-state index in [1.807, 2.05) is 31.3 Å². The number of hydrogen-bond acceptors (Lipinski definition) is 3. The van der Waals surface area contributed by atoms with Crippen molar-refractivity contribution in [3.8, 4) is 0 Å². The molecule has 2 N–H and O–H groups in total. The average molecular weight is 271 g/mol. The summed E-state index contributed by atoms with van der Waals surface area (Å²) in [5.41, 5.74) is 0.805. The van der Waals surface area contributed by atoms with Gasteiger partial charge in [-0.2, -0.15) is 0 Å². The number of aromatic nitrogens is 1. The molecule has 2 rings (SSSR count). The maximum atomic E-state index is 12.2.